The first kappa shape index (κ1) is 13.8. The van der Waals surface area contributed by atoms with E-state index in [9.17, 15) is 9.59 Å². The summed E-state index contributed by atoms with van der Waals surface area (Å²) >= 11 is 0. The van der Waals surface area contributed by atoms with Crippen molar-refractivity contribution in [2.45, 2.75) is 0 Å². The molecule has 0 radical (unpaired) electrons. The third-order valence-electron chi connectivity index (χ3n) is 1.61. The Kier molecular flexibility index (Phi) is 4.60. The predicted molar refractivity (Wildman–Crippen MR) is 50.8 cm³/mol. The maximum absolute atomic E-state index is 10.4. The molecule has 6 nitrogen and oxygen atoms in total. The van der Waals surface area contributed by atoms with Crippen molar-refractivity contribution in [1.29, 1.82) is 0 Å². The molecule has 0 unspecified atom stereocenters. The SMILES string of the molecule is O=C(O)c1ccc(C(=O)O)c(O)c1O.[NaH]. The van der Waals surface area contributed by atoms with Crippen molar-refractivity contribution in [3.8, 4) is 11.5 Å². The average molecular weight is 222 g/mol. The quantitative estimate of drug-likeness (QED) is 0.408. The van der Waals surface area contributed by atoms with Gasteiger partial charge in [0.25, 0.3) is 0 Å². The van der Waals surface area contributed by atoms with Gasteiger partial charge in [-0.25, -0.2) is 9.59 Å². The van der Waals surface area contributed by atoms with E-state index in [2.05, 4.69) is 0 Å². The van der Waals surface area contributed by atoms with Gasteiger partial charge in [-0.2, -0.15) is 0 Å². The number of phenols is 2. The topological polar surface area (TPSA) is 115 Å². The van der Waals surface area contributed by atoms with Crippen LogP contribution in [0, 0.1) is 0 Å². The monoisotopic (exact) mass is 222 g/mol. The number of aromatic hydroxyl groups is 2. The van der Waals surface area contributed by atoms with Gasteiger partial charge in [0.15, 0.2) is 11.5 Å². The number of carboxylic acids is 2. The van der Waals surface area contributed by atoms with E-state index in [4.69, 9.17) is 20.4 Å². The minimum atomic E-state index is -1.45. The van der Waals surface area contributed by atoms with Crippen molar-refractivity contribution in [2.75, 3.05) is 0 Å². The zero-order valence-corrected chi connectivity index (χ0v) is 6.76. The summed E-state index contributed by atoms with van der Waals surface area (Å²) in [5.74, 6) is -4.79. The van der Waals surface area contributed by atoms with Crippen LogP contribution in [0.4, 0.5) is 0 Å². The van der Waals surface area contributed by atoms with Crippen molar-refractivity contribution in [3.05, 3.63) is 23.3 Å². The molecule has 76 valence electrons. The van der Waals surface area contributed by atoms with Crippen molar-refractivity contribution < 1.29 is 30.0 Å². The first-order chi connectivity index (χ1) is 6.45. The molecule has 0 fully saturated rings. The van der Waals surface area contributed by atoms with Crippen LogP contribution in [0.25, 0.3) is 0 Å². The van der Waals surface area contributed by atoms with Gasteiger partial charge < -0.3 is 20.4 Å². The first-order valence-corrected chi connectivity index (χ1v) is 3.46. The normalized spacial score (nSPS) is 9.07. The van der Waals surface area contributed by atoms with Crippen molar-refractivity contribution >= 4 is 41.5 Å². The second-order valence-corrected chi connectivity index (χ2v) is 2.47. The van der Waals surface area contributed by atoms with E-state index in [1.165, 1.54) is 0 Å². The van der Waals surface area contributed by atoms with E-state index in [1.807, 2.05) is 0 Å². The van der Waals surface area contributed by atoms with Gasteiger partial charge in [0.05, 0.1) is 0 Å². The van der Waals surface area contributed by atoms with Gasteiger partial charge >= 0.3 is 41.5 Å². The molecule has 15 heavy (non-hydrogen) atoms. The third kappa shape index (κ3) is 2.62. The Balaban J connectivity index is 0.00000196. The van der Waals surface area contributed by atoms with Crippen molar-refractivity contribution in [1.82, 2.24) is 0 Å². The molecule has 0 bridgehead atoms. The van der Waals surface area contributed by atoms with Crippen LogP contribution >= 0.6 is 0 Å². The van der Waals surface area contributed by atoms with Crippen LogP contribution in [0.5, 0.6) is 11.5 Å². The predicted octanol–water partition coefficient (Wildman–Crippen LogP) is -0.154. The van der Waals surface area contributed by atoms with E-state index >= 15 is 0 Å². The van der Waals surface area contributed by atoms with Gasteiger partial charge in [0, 0.05) is 0 Å². The molecule has 0 amide bonds. The van der Waals surface area contributed by atoms with E-state index in [0.29, 0.717) is 0 Å². The van der Waals surface area contributed by atoms with E-state index < -0.39 is 34.6 Å². The van der Waals surface area contributed by atoms with Gasteiger partial charge in [-0.3, -0.25) is 0 Å². The molecule has 0 saturated carbocycles. The number of carbonyl (C=O) groups is 2. The molecule has 0 aromatic heterocycles. The molecule has 0 saturated heterocycles. The molecule has 1 aromatic carbocycles. The standard InChI is InChI=1S/C8H6O6.Na.H/c9-5-3(7(11)12)1-2-4(6(5)10)8(13)14;;/h1-2,9-10H,(H,11,12)(H,13,14);;. The molecule has 4 N–H and O–H groups in total. The Labute approximate surface area is 106 Å². The third-order valence-corrected chi connectivity index (χ3v) is 1.61. The summed E-state index contributed by atoms with van der Waals surface area (Å²) in [6, 6.07) is 1.81. The number of benzene rings is 1. The number of aromatic carboxylic acids is 2. The van der Waals surface area contributed by atoms with Crippen LogP contribution in [-0.4, -0.2) is 61.9 Å². The van der Waals surface area contributed by atoms with E-state index in [-0.39, 0.29) is 29.6 Å². The Hall–Kier alpha value is -1.24. The zero-order valence-electron chi connectivity index (χ0n) is 6.76. The molecule has 0 aliphatic rings. The summed E-state index contributed by atoms with van der Waals surface area (Å²) in [4.78, 5) is 20.9. The summed E-state index contributed by atoms with van der Waals surface area (Å²) in [5.41, 5.74) is -1.10. The number of rotatable bonds is 2. The molecule has 0 spiro atoms. The van der Waals surface area contributed by atoms with Gasteiger partial charge in [0.1, 0.15) is 11.1 Å². The molecule has 0 atom stereocenters. The Bertz CT molecular complexity index is 375. The average Bonchev–Trinajstić information content (AvgIpc) is 2.08. The maximum atomic E-state index is 10.4. The number of hydrogen-bond donors (Lipinski definition) is 4. The molecule has 7 heteroatoms. The number of hydrogen-bond acceptors (Lipinski definition) is 4. The zero-order chi connectivity index (χ0) is 10.9. The second-order valence-electron chi connectivity index (χ2n) is 2.47. The summed E-state index contributed by atoms with van der Waals surface area (Å²) in [6.45, 7) is 0. The number of carboxylic acid groups (broad SMARTS) is 2. The van der Waals surface area contributed by atoms with Crippen LogP contribution in [0.1, 0.15) is 20.7 Å². The Morgan fingerprint density at radius 2 is 1.13 bits per heavy atom. The Morgan fingerprint density at radius 1 is 0.867 bits per heavy atom. The minimum absolute atomic E-state index is 0. The Morgan fingerprint density at radius 3 is 1.33 bits per heavy atom. The first-order valence-electron chi connectivity index (χ1n) is 3.46. The van der Waals surface area contributed by atoms with Crippen molar-refractivity contribution in [3.63, 3.8) is 0 Å². The summed E-state index contributed by atoms with van der Waals surface area (Å²) < 4.78 is 0. The summed E-state index contributed by atoms with van der Waals surface area (Å²) in [5, 5.41) is 35.2. The molecule has 0 heterocycles. The molecule has 1 rings (SSSR count). The van der Waals surface area contributed by atoms with Gasteiger partial charge in [0.2, 0.25) is 0 Å². The fourth-order valence-electron chi connectivity index (χ4n) is 0.925. The fraction of sp³-hybridized carbons (Fsp3) is 0. The van der Waals surface area contributed by atoms with Gasteiger partial charge in [-0.1, -0.05) is 0 Å². The van der Waals surface area contributed by atoms with E-state index in [1.54, 1.807) is 0 Å². The summed E-state index contributed by atoms with van der Waals surface area (Å²) in [7, 11) is 0. The summed E-state index contributed by atoms with van der Waals surface area (Å²) in [6.07, 6.45) is 0. The van der Waals surface area contributed by atoms with Crippen LogP contribution in [0.15, 0.2) is 12.1 Å². The molecule has 0 aliphatic heterocycles. The van der Waals surface area contributed by atoms with Crippen molar-refractivity contribution in [2.24, 2.45) is 0 Å². The van der Waals surface area contributed by atoms with Crippen LogP contribution in [0.3, 0.4) is 0 Å². The molecule has 1 aromatic rings. The fourth-order valence-corrected chi connectivity index (χ4v) is 0.925. The van der Waals surface area contributed by atoms with Crippen LogP contribution < -0.4 is 0 Å². The second kappa shape index (κ2) is 5.01. The van der Waals surface area contributed by atoms with Crippen LogP contribution in [0.2, 0.25) is 0 Å². The molecular formula is C8H7NaO6. The molecular weight excluding hydrogens is 215 g/mol. The van der Waals surface area contributed by atoms with E-state index in [0.717, 1.165) is 12.1 Å². The van der Waals surface area contributed by atoms with Gasteiger partial charge in [-0.05, 0) is 12.1 Å². The molecule has 0 aliphatic carbocycles. The van der Waals surface area contributed by atoms with Crippen LogP contribution in [-0.2, 0) is 0 Å². The van der Waals surface area contributed by atoms with Gasteiger partial charge in [-0.15, -0.1) is 0 Å².